The Bertz CT molecular complexity index is 812. The molecule has 1 aromatic heterocycles. The van der Waals surface area contributed by atoms with Gasteiger partial charge in [-0.15, -0.1) is 0 Å². The van der Waals surface area contributed by atoms with E-state index in [-0.39, 0.29) is 24.4 Å². The van der Waals surface area contributed by atoms with Gasteiger partial charge < -0.3 is 11.1 Å². The molecule has 1 fully saturated rings. The highest BCUT2D eigenvalue weighted by Gasteiger charge is 2.24. The SMILES string of the molecule is Cc1c(C(=O)NC2CCN(CC(N)=O)CC2)cnn1-c1ccccc1F. The second-order valence-corrected chi connectivity index (χ2v) is 6.50. The summed E-state index contributed by atoms with van der Waals surface area (Å²) in [6, 6.07) is 6.33. The van der Waals surface area contributed by atoms with Gasteiger partial charge in [-0.2, -0.15) is 5.10 Å². The van der Waals surface area contributed by atoms with E-state index in [2.05, 4.69) is 10.4 Å². The van der Waals surface area contributed by atoms with Gasteiger partial charge in [0.2, 0.25) is 5.91 Å². The summed E-state index contributed by atoms with van der Waals surface area (Å²) >= 11 is 0. The second-order valence-electron chi connectivity index (χ2n) is 6.50. The molecule has 2 amide bonds. The molecular weight excluding hydrogens is 337 g/mol. The van der Waals surface area contributed by atoms with E-state index < -0.39 is 5.82 Å². The molecule has 138 valence electrons. The lowest BCUT2D eigenvalue weighted by Crippen LogP contribution is -2.46. The number of amides is 2. The lowest BCUT2D eigenvalue weighted by Gasteiger charge is -2.31. The minimum Gasteiger partial charge on any atom is -0.369 e. The Kier molecular flexibility index (Phi) is 5.32. The zero-order valence-corrected chi connectivity index (χ0v) is 14.6. The molecule has 3 rings (SSSR count). The first-order valence-corrected chi connectivity index (χ1v) is 8.56. The van der Waals surface area contributed by atoms with Gasteiger partial charge in [-0.3, -0.25) is 14.5 Å². The first-order valence-electron chi connectivity index (χ1n) is 8.56. The van der Waals surface area contributed by atoms with Gasteiger partial charge in [0.15, 0.2) is 0 Å². The number of nitrogens with one attached hydrogen (secondary N) is 1. The third kappa shape index (κ3) is 3.91. The Morgan fingerprint density at radius 2 is 2.00 bits per heavy atom. The van der Waals surface area contributed by atoms with E-state index in [1.165, 1.54) is 16.9 Å². The molecule has 1 saturated heterocycles. The number of likely N-dealkylation sites (tertiary alicyclic amines) is 1. The molecule has 3 N–H and O–H groups in total. The number of halogens is 1. The minimum absolute atomic E-state index is 0.0304. The number of nitrogens with two attached hydrogens (primary N) is 1. The number of aromatic nitrogens is 2. The van der Waals surface area contributed by atoms with Gasteiger partial charge in [0.25, 0.3) is 5.91 Å². The molecule has 26 heavy (non-hydrogen) atoms. The fourth-order valence-corrected chi connectivity index (χ4v) is 3.22. The van der Waals surface area contributed by atoms with E-state index in [1.807, 2.05) is 4.90 Å². The fraction of sp³-hybridized carbons (Fsp3) is 0.389. The standard InChI is InChI=1S/C18H22FN5O2/c1-12-14(10-21-24(12)16-5-3-2-4-15(16)19)18(26)22-13-6-8-23(9-7-13)11-17(20)25/h2-5,10,13H,6-9,11H2,1H3,(H2,20,25)(H,22,26). The molecule has 2 heterocycles. The van der Waals surface area contributed by atoms with Crippen molar-refractivity contribution < 1.29 is 14.0 Å². The van der Waals surface area contributed by atoms with Crippen molar-refractivity contribution >= 4 is 11.8 Å². The lowest BCUT2D eigenvalue weighted by atomic mass is 10.0. The number of carbonyl (C=O) groups excluding carboxylic acids is 2. The summed E-state index contributed by atoms with van der Waals surface area (Å²) in [7, 11) is 0. The molecule has 0 bridgehead atoms. The van der Waals surface area contributed by atoms with E-state index in [0.29, 0.717) is 30.0 Å². The normalized spacial score (nSPS) is 15.8. The summed E-state index contributed by atoms with van der Waals surface area (Å²) < 4.78 is 15.4. The van der Waals surface area contributed by atoms with Gasteiger partial charge in [-0.25, -0.2) is 9.07 Å². The van der Waals surface area contributed by atoms with Crippen molar-refractivity contribution in [2.45, 2.75) is 25.8 Å². The van der Waals surface area contributed by atoms with Gasteiger partial charge >= 0.3 is 0 Å². The topological polar surface area (TPSA) is 93.2 Å². The van der Waals surface area contributed by atoms with Crippen molar-refractivity contribution in [1.29, 1.82) is 0 Å². The van der Waals surface area contributed by atoms with Crippen LogP contribution in [0.1, 0.15) is 28.9 Å². The Morgan fingerprint density at radius 3 is 2.65 bits per heavy atom. The number of nitrogens with zero attached hydrogens (tertiary/aromatic N) is 3. The smallest absolute Gasteiger partial charge is 0.254 e. The Labute approximate surface area is 151 Å². The highest BCUT2D eigenvalue weighted by atomic mass is 19.1. The van der Waals surface area contributed by atoms with Crippen LogP contribution < -0.4 is 11.1 Å². The molecule has 0 atom stereocenters. The highest BCUT2D eigenvalue weighted by Crippen LogP contribution is 2.18. The summed E-state index contributed by atoms with van der Waals surface area (Å²) in [5.74, 6) is -0.963. The molecule has 1 aliphatic heterocycles. The van der Waals surface area contributed by atoms with Crippen LogP contribution in [0.3, 0.4) is 0 Å². The molecule has 0 saturated carbocycles. The average Bonchev–Trinajstić information content (AvgIpc) is 2.98. The van der Waals surface area contributed by atoms with Crippen molar-refractivity contribution in [3.05, 3.63) is 47.5 Å². The first kappa shape index (κ1) is 18.1. The highest BCUT2D eigenvalue weighted by molar-refractivity contribution is 5.95. The summed E-state index contributed by atoms with van der Waals surface area (Å²) in [5, 5.41) is 7.16. The summed E-state index contributed by atoms with van der Waals surface area (Å²) in [5.41, 5.74) is 6.52. The Morgan fingerprint density at radius 1 is 1.31 bits per heavy atom. The second kappa shape index (κ2) is 7.65. The zero-order chi connectivity index (χ0) is 18.7. The number of para-hydroxylation sites is 1. The van der Waals surface area contributed by atoms with Crippen molar-refractivity contribution in [2.24, 2.45) is 5.73 Å². The Balaban J connectivity index is 1.65. The third-order valence-electron chi connectivity index (χ3n) is 4.64. The zero-order valence-electron chi connectivity index (χ0n) is 14.6. The Hall–Kier alpha value is -2.74. The fourth-order valence-electron chi connectivity index (χ4n) is 3.22. The van der Waals surface area contributed by atoms with Gasteiger partial charge in [0.1, 0.15) is 11.5 Å². The van der Waals surface area contributed by atoms with Crippen LogP contribution in [0.25, 0.3) is 5.69 Å². The van der Waals surface area contributed by atoms with Gasteiger partial charge in [0.05, 0.1) is 24.0 Å². The van der Waals surface area contributed by atoms with Crippen LogP contribution in [0.2, 0.25) is 0 Å². The van der Waals surface area contributed by atoms with Crippen LogP contribution in [0.15, 0.2) is 30.5 Å². The summed E-state index contributed by atoms with van der Waals surface area (Å²) in [6.07, 6.45) is 2.96. The van der Waals surface area contributed by atoms with Crippen LogP contribution in [-0.4, -0.2) is 52.2 Å². The molecule has 1 aliphatic rings. The molecule has 8 heteroatoms. The largest absolute Gasteiger partial charge is 0.369 e. The maximum Gasteiger partial charge on any atom is 0.254 e. The van der Waals surface area contributed by atoms with Crippen LogP contribution in [0.4, 0.5) is 4.39 Å². The summed E-state index contributed by atoms with van der Waals surface area (Å²) in [4.78, 5) is 25.5. The van der Waals surface area contributed by atoms with Crippen LogP contribution in [-0.2, 0) is 4.79 Å². The number of rotatable bonds is 5. The van der Waals surface area contributed by atoms with E-state index in [9.17, 15) is 14.0 Å². The maximum atomic E-state index is 14.0. The van der Waals surface area contributed by atoms with E-state index in [1.54, 1.807) is 25.1 Å². The first-order chi connectivity index (χ1) is 12.5. The molecule has 0 spiro atoms. The number of hydrogen-bond acceptors (Lipinski definition) is 4. The number of carbonyl (C=O) groups is 2. The van der Waals surface area contributed by atoms with Gasteiger partial charge in [-0.05, 0) is 31.9 Å². The average molecular weight is 359 g/mol. The number of primary amides is 1. The summed E-state index contributed by atoms with van der Waals surface area (Å²) in [6.45, 7) is 3.40. The van der Waals surface area contributed by atoms with Gasteiger partial charge in [-0.1, -0.05) is 12.1 Å². The monoisotopic (exact) mass is 359 g/mol. The number of hydrogen-bond donors (Lipinski definition) is 2. The van der Waals surface area contributed by atoms with Crippen molar-refractivity contribution in [2.75, 3.05) is 19.6 Å². The van der Waals surface area contributed by atoms with Gasteiger partial charge in [0, 0.05) is 19.1 Å². The molecule has 0 aliphatic carbocycles. The van der Waals surface area contributed by atoms with E-state index in [0.717, 1.165) is 12.8 Å². The van der Waals surface area contributed by atoms with Crippen molar-refractivity contribution in [3.8, 4) is 5.69 Å². The molecule has 2 aromatic rings. The van der Waals surface area contributed by atoms with E-state index >= 15 is 0 Å². The van der Waals surface area contributed by atoms with Crippen LogP contribution in [0, 0.1) is 12.7 Å². The minimum atomic E-state index is -0.396. The number of piperidine rings is 1. The molecular formula is C18H22FN5O2. The number of benzene rings is 1. The van der Waals surface area contributed by atoms with Crippen molar-refractivity contribution in [3.63, 3.8) is 0 Å². The molecule has 0 unspecified atom stereocenters. The molecule has 0 radical (unpaired) electrons. The predicted octanol–water partition coefficient (Wildman–Crippen LogP) is 0.999. The maximum absolute atomic E-state index is 14.0. The third-order valence-corrected chi connectivity index (χ3v) is 4.64. The van der Waals surface area contributed by atoms with Crippen LogP contribution >= 0.6 is 0 Å². The molecule has 7 nitrogen and oxygen atoms in total. The van der Waals surface area contributed by atoms with Crippen LogP contribution in [0.5, 0.6) is 0 Å². The van der Waals surface area contributed by atoms with Crippen molar-refractivity contribution in [1.82, 2.24) is 20.0 Å². The molecule has 1 aromatic carbocycles. The quantitative estimate of drug-likeness (QED) is 0.833. The lowest BCUT2D eigenvalue weighted by molar-refractivity contribution is -0.119. The van der Waals surface area contributed by atoms with E-state index in [4.69, 9.17) is 5.73 Å². The predicted molar refractivity (Wildman–Crippen MR) is 94.4 cm³/mol.